The molecule has 0 saturated carbocycles. The highest BCUT2D eigenvalue weighted by atomic mass is 16.5. The maximum Gasteiger partial charge on any atom is 0.256 e. The molecule has 29 heavy (non-hydrogen) atoms. The predicted molar refractivity (Wildman–Crippen MR) is 120 cm³/mol. The highest BCUT2D eigenvalue weighted by Gasteiger charge is 2.42. The van der Waals surface area contributed by atoms with Crippen LogP contribution in [0.3, 0.4) is 0 Å². The molecule has 4 heteroatoms. The summed E-state index contributed by atoms with van der Waals surface area (Å²) in [7, 11) is 1.61. The maximum absolute atomic E-state index is 12.8. The highest BCUT2D eigenvalue weighted by Crippen LogP contribution is 2.39. The van der Waals surface area contributed by atoms with Crippen molar-refractivity contribution in [3.63, 3.8) is 0 Å². The molecule has 4 nitrogen and oxygen atoms in total. The number of methoxy groups -OCH3 is 1. The molecule has 2 N–H and O–H groups in total. The lowest BCUT2D eigenvalue weighted by Gasteiger charge is -2.24. The Kier molecular flexibility index (Phi) is 7.26. The first-order valence-corrected chi connectivity index (χ1v) is 10.2. The number of rotatable bonds is 5. The third kappa shape index (κ3) is 4.38. The molecule has 0 saturated heterocycles. The SMILES string of the molecule is CC.COCCC1(C)NC(=O)C(c2c(C)ccc(-c3ccc(C)cc3)c2C)=C1O. The fraction of sp³-hybridized carbons (Fsp3) is 0.400. The van der Waals surface area contributed by atoms with Crippen LogP contribution in [0.25, 0.3) is 16.7 Å². The van der Waals surface area contributed by atoms with Gasteiger partial charge in [-0.3, -0.25) is 4.79 Å². The molecule has 2 aromatic carbocycles. The Balaban J connectivity index is 0.00000145. The summed E-state index contributed by atoms with van der Waals surface area (Å²) in [5.74, 6) is -0.143. The normalized spacial score (nSPS) is 18.4. The summed E-state index contributed by atoms with van der Waals surface area (Å²) < 4.78 is 5.14. The number of carbonyl (C=O) groups excluding carboxylic acids is 1. The second-order valence-corrected chi connectivity index (χ2v) is 7.55. The molecule has 0 aromatic heterocycles. The minimum Gasteiger partial charge on any atom is -0.509 e. The number of hydrogen-bond acceptors (Lipinski definition) is 3. The molecule has 1 amide bonds. The van der Waals surface area contributed by atoms with Gasteiger partial charge in [-0.05, 0) is 55.5 Å². The summed E-state index contributed by atoms with van der Waals surface area (Å²) in [5.41, 5.74) is 5.70. The molecule has 1 atom stereocenters. The zero-order valence-corrected chi connectivity index (χ0v) is 18.6. The molecule has 1 aliphatic rings. The average molecular weight is 396 g/mol. The molecule has 0 aliphatic carbocycles. The van der Waals surface area contributed by atoms with Gasteiger partial charge in [0.15, 0.2) is 0 Å². The summed E-state index contributed by atoms with van der Waals surface area (Å²) >= 11 is 0. The van der Waals surface area contributed by atoms with Crippen LogP contribution < -0.4 is 5.32 Å². The van der Waals surface area contributed by atoms with E-state index < -0.39 is 5.54 Å². The van der Waals surface area contributed by atoms with Crippen LogP contribution in [-0.2, 0) is 9.53 Å². The van der Waals surface area contributed by atoms with E-state index in [1.54, 1.807) is 7.11 Å². The van der Waals surface area contributed by atoms with E-state index in [1.807, 2.05) is 40.7 Å². The molecule has 2 aromatic rings. The summed E-state index contributed by atoms with van der Waals surface area (Å²) in [6.07, 6.45) is 0.514. The minimum atomic E-state index is -0.804. The second kappa shape index (κ2) is 9.27. The van der Waals surface area contributed by atoms with E-state index >= 15 is 0 Å². The summed E-state index contributed by atoms with van der Waals surface area (Å²) in [4.78, 5) is 12.8. The van der Waals surface area contributed by atoms with Gasteiger partial charge in [0.25, 0.3) is 5.91 Å². The zero-order valence-electron chi connectivity index (χ0n) is 18.6. The highest BCUT2D eigenvalue weighted by molar-refractivity contribution is 6.24. The van der Waals surface area contributed by atoms with Crippen LogP contribution in [0.5, 0.6) is 0 Å². The van der Waals surface area contributed by atoms with Crippen LogP contribution in [0.2, 0.25) is 0 Å². The van der Waals surface area contributed by atoms with Crippen molar-refractivity contribution >= 4 is 11.5 Å². The molecule has 0 fully saturated rings. The van der Waals surface area contributed by atoms with Crippen molar-refractivity contribution in [1.29, 1.82) is 0 Å². The third-order valence-electron chi connectivity index (χ3n) is 5.47. The smallest absolute Gasteiger partial charge is 0.256 e. The first kappa shape index (κ1) is 22.7. The van der Waals surface area contributed by atoms with Gasteiger partial charge in [0.1, 0.15) is 5.76 Å². The van der Waals surface area contributed by atoms with E-state index in [2.05, 4.69) is 42.6 Å². The molecule has 1 aliphatic heterocycles. The lowest BCUT2D eigenvalue weighted by atomic mass is 9.87. The van der Waals surface area contributed by atoms with Gasteiger partial charge in [-0.25, -0.2) is 0 Å². The lowest BCUT2D eigenvalue weighted by molar-refractivity contribution is -0.116. The van der Waals surface area contributed by atoms with Crippen molar-refractivity contribution in [2.45, 2.75) is 53.5 Å². The Hall–Kier alpha value is -2.59. The Morgan fingerprint density at radius 2 is 1.66 bits per heavy atom. The van der Waals surface area contributed by atoms with Crippen LogP contribution >= 0.6 is 0 Å². The molecule has 0 spiro atoms. The van der Waals surface area contributed by atoms with Crippen LogP contribution in [-0.4, -0.2) is 30.3 Å². The van der Waals surface area contributed by atoms with E-state index in [9.17, 15) is 9.90 Å². The summed E-state index contributed by atoms with van der Waals surface area (Å²) in [6, 6.07) is 12.4. The molecule has 156 valence electrons. The number of ether oxygens (including phenoxy) is 1. The van der Waals surface area contributed by atoms with Gasteiger partial charge in [-0.2, -0.15) is 0 Å². The van der Waals surface area contributed by atoms with E-state index in [0.29, 0.717) is 18.6 Å². The monoisotopic (exact) mass is 395 g/mol. The number of amides is 1. The quantitative estimate of drug-likeness (QED) is 0.703. The Morgan fingerprint density at radius 3 is 2.24 bits per heavy atom. The van der Waals surface area contributed by atoms with Crippen molar-refractivity contribution in [2.24, 2.45) is 0 Å². The lowest BCUT2D eigenvalue weighted by Crippen LogP contribution is -2.42. The Labute approximate surface area is 174 Å². The molecule has 0 radical (unpaired) electrons. The number of hydrogen-bond donors (Lipinski definition) is 2. The van der Waals surface area contributed by atoms with Gasteiger partial charge in [0, 0.05) is 20.1 Å². The van der Waals surface area contributed by atoms with E-state index in [4.69, 9.17) is 4.74 Å². The topological polar surface area (TPSA) is 58.6 Å². The fourth-order valence-electron chi connectivity index (χ4n) is 3.75. The molecule has 0 bridgehead atoms. The minimum absolute atomic E-state index is 0.0943. The third-order valence-corrected chi connectivity index (χ3v) is 5.47. The number of benzene rings is 2. The van der Waals surface area contributed by atoms with Gasteiger partial charge >= 0.3 is 0 Å². The standard InChI is InChI=1S/C23H27NO3.C2H6/c1-14-6-9-17(10-7-14)18-11-8-15(2)19(16(18)3)20-21(25)23(4,12-13-27-5)24-22(20)26;1-2/h6-11,25H,12-13H2,1-5H3,(H,24,26);1-2H3. The van der Waals surface area contributed by atoms with Crippen LogP contribution in [0.4, 0.5) is 0 Å². The number of aliphatic hydroxyl groups excluding tert-OH is 1. The van der Waals surface area contributed by atoms with Crippen molar-refractivity contribution in [3.8, 4) is 11.1 Å². The van der Waals surface area contributed by atoms with Gasteiger partial charge in [0.05, 0.1) is 11.1 Å². The Morgan fingerprint density at radius 1 is 1.03 bits per heavy atom. The largest absolute Gasteiger partial charge is 0.509 e. The van der Waals surface area contributed by atoms with Gasteiger partial charge in [-0.1, -0.05) is 55.8 Å². The van der Waals surface area contributed by atoms with Crippen molar-refractivity contribution in [2.75, 3.05) is 13.7 Å². The first-order chi connectivity index (χ1) is 13.8. The number of carbonyl (C=O) groups is 1. The van der Waals surface area contributed by atoms with Crippen molar-refractivity contribution < 1.29 is 14.6 Å². The Bertz CT molecular complexity index is 912. The van der Waals surface area contributed by atoms with Crippen molar-refractivity contribution in [3.05, 3.63) is 64.4 Å². The maximum atomic E-state index is 12.8. The number of aliphatic hydroxyl groups is 1. The molecule has 1 unspecified atom stereocenters. The van der Waals surface area contributed by atoms with Gasteiger partial charge in [0.2, 0.25) is 0 Å². The van der Waals surface area contributed by atoms with E-state index in [0.717, 1.165) is 27.8 Å². The van der Waals surface area contributed by atoms with Crippen LogP contribution in [0, 0.1) is 20.8 Å². The summed E-state index contributed by atoms with van der Waals surface area (Å²) in [6.45, 7) is 12.3. The molecule has 1 heterocycles. The van der Waals surface area contributed by atoms with Gasteiger partial charge in [-0.15, -0.1) is 0 Å². The number of aryl methyl sites for hydroxylation is 2. The second-order valence-electron chi connectivity index (χ2n) is 7.55. The van der Waals surface area contributed by atoms with Gasteiger partial charge < -0.3 is 15.2 Å². The fourth-order valence-corrected chi connectivity index (χ4v) is 3.75. The molecule has 3 rings (SSSR count). The zero-order chi connectivity index (χ0) is 21.8. The molecular formula is C25H33NO3. The van der Waals surface area contributed by atoms with Crippen LogP contribution in [0.15, 0.2) is 42.2 Å². The van der Waals surface area contributed by atoms with Crippen LogP contribution in [0.1, 0.15) is 49.4 Å². The predicted octanol–water partition coefficient (Wildman–Crippen LogP) is 5.50. The van der Waals surface area contributed by atoms with E-state index in [-0.39, 0.29) is 11.7 Å². The van der Waals surface area contributed by atoms with E-state index in [1.165, 1.54) is 5.56 Å². The molecular weight excluding hydrogens is 362 g/mol. The van der Waals surface area contributed by atoms with Crippen molar-refractivity contribution in [1.82, 2.24) is 5.32 Å². The number of nitrogens with one attached hydrogen (secondary N) is 1. The average Bonchev–Trinajstić information content (AvgIpc) is 2.92. The summed E-state index contributed by atoms with van der Waals surface area (Å²) in [5, 5.41) is 13.9. The first-order valence-electron chi connectivity index (χ1n) is 10.2.